The molecule has 0 radical (unpaired) electrons. The molecule has 0 saturated heterocycles. The minimum absolute atomic E-state index is 0.185. The fourth-order valence-corrected chi connectivity index (χ4v) is 3.34. The van der Waals surface area contributed by atoms with Gasteiger partial charge in [-0.2, -0.15) is 0 Å². The van der Waals surface area contributed by atoms with Crippen LogP contribution in [-0.2, 0) is 15.9 Å². The first-order valence-electron chi connectivity index (χ1n) is 9.01. The largest absolute Gasteiger partial charge is 0.465 e. The standard InChI is InChI=1S/C20H32O3/c1-4-17-7-9-18(10-8-17)23-19(22-16-15-21-3)11-14-20(2)12-5-6-13-20/h7-10,19H,4-6,11-16H2,1-3H3. The number of rotatable bonds is 10. The lowest BCUT2D eigenvalue weighted by Crippen LogP contribution is -2.25. The first-order chi connectivity index (χ1) is 11.1. The average Bonchev–Trinajstić information content (AvgIpc) is 3.00. The molecule has 1 aromatic rings. The molecule has 1 atom stereocenters. The molecule has 1 unspecified atom stereocenters. The van der Waals surface area contributed by atoms with Crippen LogP contribution in [-0.4, -0.2) is 26.6 Å². The van der Waals surface area contributed by atoms with Crippen molar-refractivity contribution in [2.45, 2.75) is 65.1 Å². The molecule has 130 valence electrons. The Morgan fingerprint density at radius 2 is 1.78 bits per heavy atom. The van der Waals surface area contributed by atoms with E-state index in [0.717, 1.165) is 25.0 Å². The molecule has 1 fully saturated rings. The van der Waals surface area contributed by atoms with E-state index in [9.17, 15) is 0 Å². The Morgan fingerprint density at radius 3 is 2.39 bits per heavy atom. The lowest BCUT2D eigenvalue weighted by Gasteiger charge is -2.27. The van der Waals surface area contributed by atoms with Crippen LogP contribution in [0.15, 0.2) is 24.3 Å². The van der Waals surface area contributed by atoms with E-state index in [-0.39, 0.29) is 6.29 Å². The maximum atomic E-state index is 6.09. The van der Waals surface area contributed by atoms with Gasteiger partial charge in [-0.3, -0.25) is 0 Å². The van der Waals surface area contributed by atoms with Crippen molar-refractivity contribution < 1.29 is 14.2 Å². The molecule has 0 spiro atoms. The fourth-order valence-electron chi connectivity index (χ4n) is 3.34. The van der Waals surface area contributed by atoms with E-state index in [2.05, 4.69) is 26.0 Å². The van der Waals surface area contributed by atoms with Gasteiger partial charge in [0.25, 0.3) is 0 Å². The van der Waals surface area contributed by atoms with Crippen LogP contribution >= 0.6 is 0 Å². The summed E-state index contributed by atoms with van der Waals surface area (Å²) in [4.78, 5) is 0. The lowest BCUT2D eigenvalue weighted by atomic mass is 9.84. The highest BCUT2D eigenvalue weighted by Crippen LogP contribution is 2.41. The zero-order chi connectivity index (χ0) is 16.5. The van der Waals surface area contributed by atoms with Gasteiger partial charge in [0.15, 0.2) is 6.29 Å². The topological polar surface area (TPSA) is 27.7 Å². The minimum atomic E-state index is -0.185. The molecule has 0 aromatic heterocycles. The van der Waals surface area contributed by atoms with Gasteiger partial charge in [-0.25, -0.2) is 0 Å². The summed E-state index contributed by atoms with van der Waals surface area (Å²) < 4.78 is 17.1. The summed E-state index contributed by atoms with van der Waals surface area (Å²) in [6.45, 7) is 5.74. The van der Waals surface area contributed by atoms with Crippen molar-refractivity contribution in [1.29, 1.82) is 0 Å². The number of methoxy groups -OCH3 is 1. The normalized spacial score (nSPS) is 18.0. The van der Waals surface area contributed by atoms with Crippen molar-refractivity contribution in [3.8, 4) is 5.75 Å². The van der Waals surface area contributed by atoms with E-state index in [1.807, 2.05) is 12.1 Å². The van der Waals surface area contributed by atoms with E-state index in [4.69, 9.17) is 14.2 Å². The first-order valence-corrected chi connectivity index (χ1v) is 9.01. The van der Waals surface area contributed by atoms with Gasteiger partial charge in [-0.1, -0.05) is 38.8 Å². The summed E-state index contributed by atoms with van der Waals surface area (Å²) in [5, 5.41) is 0. The summed E-state index contributed by atoms with van der Waals surface area (Å²) in [5.41, 5.74) is 1.80. The third-order valence-corrected chi connectivity index (χ3v) is 4.98. The van der Waals surface area contributed by atoms with E-state index in [1.54, 1.807) is 7.11 Å². The summed E-state index contributed by atoms with van der Waals surface area (Å²) in [6, 6.07) is 8.34. The zero-order valence-electron chi connectivity index (χ0n) is 15.0. The van der Waals surface area contributed by atoms with Crippen LogP contribution in [0.2, 0.25) is 0 Å². The van der Waals surface area contributed by atoms with Crippen LogP contribution < -0.4 is 4.74 Å². The summed E-state index contributed by atoms with van der Waals surface area (Å²) >= 11 is 0. The second-order valence-corrected chi connectivity index (χ2v) is 6.96. The van der Waals surface area contributed by atoms with Gasteiger partial charge in [0.2, 0.25) is 0 Å². The molecule has 0 amide bonds. The SMILES string of the molecule is CCc1ccc(OC(CCC2(C)CCCC2)OCCOC)cc1. The molecule has 1 saturated carbocycles. The monoisotopic (exact) mass is 320 g/mol. The molecule has 1 aliphatic carbocycles. The van der Waals surface area contributed by atoms with Crippen LogP contribution in [0.1, 0.15) is 57.9 Å². The fraction of sp³-hybridized carbons (Fsp3) is 0.700. The van der Waals surface area contributed by atoms with Crippen molar-refractivity contribution in [3.05, 3.63) is 29.8 Å². The number of ether oxygens (including phenoxy) is 3. The molecule has 1 aliphatic rings. The Kier molecular flexibility index (Phi) is 7.38. The Labute approximate surface area is 141 Å². The maximum Gasteiger partial charge on any atom is 0.199 e. The van der Waals surface area contributed by atoms with Crippen molar-refractivity contribution in [2.24, 2.45) is 5.41 Å². The third kappa shape index (κ3) is 6.15. The molecule has 2 rings (SSSR count). The number of benzene rings is 1. The third-order valence-electron chi connectivity index (χ3n) is 4.98. The van der Waals surface area contributed by atoms with E-state index in [0.29, 0.717) is 18.6 Å². The predicted molar refractivity (Wildman–Crippen MR) is 93.9 cm³/mol. The zero-order valence-corrected chi connectivity index (χ0v) is 15.0. The van der Waals surface area contributed by atoms with Crippen molar-refractivity contribution in [2.75, 3.05) is 20.3 Å². The lowest BCUT2D eigenvalue weighted by molar-refractivity contribution is -0.100. The molecular weight excluding hydrogens is 288 g/mol. The predicted octanol–water partition coefficient (Wildman–Crippen LogP) is 4.98. The van der Waals surface area contributed by atoms with Crippen LogP contribution in [0.5, 0.6) is 5.75 Å². The molecular formula is C20H32O3. The number of aryl methyl sites for hydroxylation is 1. The molecule has 0 bridgehead atoms. The molecule has 0 heterocycles. The summed E-state index contributed by atoms with van der Waals surface area (Å²) in [5.74, 6) is 0.890. The van der Waals surface area contributed by atoms with E-state index in [1.165, 1.54) is 31.2 Å². The highest BCUT2D eigenvalue weighted by Gasteiger charge is 2.29. The Bertz CT molecular complexity index is 435. The molecule has 1 aromatic carbocycles. The quantitative estimate of drug-likeness (QED) is 0.449. The van der Waals surface area contributed by atoms with Gasteiger partial charge in [-0.05, 0) is 48.8 Å². The van der Waals surface area contributed by atoms with Crippen LogP contribution in [0.4, 0.5) is 0 Å². The molecule has 3 heteroatoms. The Balaban J connectivity index is 1.89. The van der Waals surface area contributed by atoms with Gasteiger partial charge >= 0.3 is 0 Å². The van der Waals surface area contributed by atoms with Crippen molar-refractivity contribution in [1.82, 2.24) is 0 Å². The average molecular weight is 320 g/mol. The van der Waals surface area contributed by atoms with Gasteiger partial charge < -0.3 is 14.2 Å². The molecule has 3 nitrogen and oxygen atoms in total. The van der Waals surface area contributed by atoms with Crippen LogP contribution in [0, 0.1) is 5.41 Å². The van der Waals surface area contributed by atoms with Gasteiger partial charge in [0, 0.05) is 13.5 Å². The van der Waals surface area contributed by atoms with E-state index >= 15 is 0 Å². The molecule has 0 N–H and O–H groups in total. The van der Waals surface area contributed by atoms with Gasteiger partial charge in [0.1, 0.15) is 5.75 Å². The second-order valence-electron chi connectivity index (χ2n) is 6.96. The van der Waals surface area contributed by atoms with Gasteiger partial charge in [0.05, 0.1) is 13.2 Å². The van der Waals surface area contributed by atoms with Crippen molar-refractivity contribution >= 4 is 0 Å². The van der Waals surface area contributed by atoms with Crippen LogP contribution in [0.3, 0.4) is 0 Å². The number of hydrogen-bond donors (Lipinski definition) is 0. The smallest absolute Gasteiger partial charge is 0.199 e. The Hall–Kier alpha value is -1.06. The first kappa shape index (κ1) is 18.3. The molecule has 0 aliphatic heterocycles. The second kappa shape index (κ2) is 9.29. The molecule has 23 heavy (non-hydrogen) atoms. The highest BCUT2D eigenvalue weighted by molar-refractivity contribution is 5.27. The Morgan fingerprint density at radius 1 is 1.09 bits per heavy atom. The minimum Gasteiger partial charge on any atom is -0.465 e. The summed E-state index contributed by atoms with van der Waals surface area (Å²) in [6.07, 6.45) is 8.37. The highest BCUT2D eigenvalue weighted by atomic mass is 16.7. The maximum absolute atomic E-state index is 6.09. The van der Waals surface area contributed by atoms with Crippen LogP contribution in [0.25, 0.3) is 0 Å². The van der Waals surface area contributed by atoms with Gasteiger partial charge in [-0.15, -0.1) is 0 Å². The summed E-state index contributed by atoms with van der Waals surface area (Å²) in [7, 11) is 1.70. The van der Waals surface area contributed by atoms with E-state index < -0.39 is 0 Å². The number of hydrogen-bond acceptors (Lipinski definition) is 3. The van der Waals surface area contributed by atoms with Crippen molar-refractivity contribution in [3.63, 3.8) is 0 Å².